The number of hydrogen-bond acceptors (Lipinski definition) is 2. The van der Waals surface area contributed by atoms with E-state index < -0.39 is 0 Å². The molecule has 1 aromatic carbocycles. The van der Waals surface area contributed by atoms with Gasteiger partial charge in [0.2, 0.25) is 0 Å². The van der Waals surface area contributed by atoms with Crippen LogP contribution in [-0.2, 0) is 4.74 Å². The fraction of sp³-hybridized carbons (Fsp3) is 0.667. The van der Waals surface area contributed by atoms with E-state index in [0.29, 0.717) is 11.5 Å². The summed E-state index contributed by atoms with van der Waals surface area (Å²) in [6.45, 7) is 8.89. The van der Waals surface area contributed by atoms with Crippen molar-refractivity contribution in [2.24, 2.45) is 11.1 Å². The van der Waals surface area contributed by atoms with E-state index in [1.807, 2.05) is 6.92 Å². The molecule has 0 radical (unpaired) electrons. The van der Waals surface area contributed by atoms with Crippen molar-refractivity contribution in [1.82, 2.24) is 0 Å². The number of rotatable bonds is 4. The molecule has 0 saturated heterocycles. The Balaban J connectivity index is 2.06. The maximum Gasteiger partial charge on any atom is 0.0979 e. The largest absolute Gasteiger partial charge is 0.369 e. The van der Waals surface area contributed by atoms with Gasteiger partial charge in [-0.15, -0.1) is 0 Å². The van der Waals surface area contributed by atoms with Crippen LogP contribution >= 0.6 is 0 Å². The summed E-state index contributed by atoms with van der Waals surface area (Å²) in [4.78, 5) is 0. The first-order valence-corrected chi connectivity index (χ1v) is 7.86. The van der Waals surface area contributed by atoms with E-state index >= 15 is 0 Å². The Kier molecular flexibility index (Phi) is 4.87. The van der Waals surface area contributed by atoms with Gasteiger partial charge in [0.1, 0.15) is 0 Å². The lowest BCUT2D eigenvalue weighted by atomic mass is 9.76. The van der Waals surface area contributed by atoms with Gasteiger partial charge < -0.3 is 10.5 Å². The molecule has 1 aliphatic rings. The van der Waals surface area contributed by atoms with Gasteiger partial charge in [-0.2, -0.15) is 0 Å². The van der Waals surface area contributed by atoms with Gasteiger partial charge in [0.05, 0.1) is 12.2 Å². The summed E-state index contributed by atoms with van der Waals surface area (Å²) in [5.74, 6) is 0. The first-order chi connectivity index (χ1) is 9.39. The Morgan fingerprint density at radius 2 is 1.80 bits per heavy atom. The predicted octanol–water partition coefficient (Wildman–Crippen LogP) is 4.37. The van der Waals surface area contributed by atoms with Crippen molar-refractivity contribution >= 4 is 0 Å². The molecule has 2 atom stereocenters. The van der Waals surface area contributed by atoms with Gasteiger partial charge >= 0.3 is 0 Å². The smallest absolute Gasteiger partial charge is 0.0979 e. The number of nitrogens with two attached hydrogens (primary N) is 1. The van der Waals surface area contributed by atoms with Gasteiger partial charge in [-0.25, -0.2) is 0 Å². The van der Waals surface area contributed by atoms with Crippen LogP contribution in [0.2, 0.25) is 0 Å². The molecule has 0 spiro atoms. The van der Waals surface area contributed by atoms with Crippen LogP contribution in [0.4, 0.5) is 0 Å². The van der Waals surface area contributed by atoms with Gasteiger partial charge in [0.25, 0.3) is 0 Å². The van der Waals surface area contributed by atoms with E-state index in [0.717, 1.165) is 12.8 Å². The van der Waals surface area contributed by atoms with Crippen molar-refractivity contribution in [3.05, 3.63) is 35.4 Å². The van der Waals surface area contributed by atoms with Gasteiger partial charge in [-0.05, 0) is 56.1 Å². The standard InChI is InChI=1S/C18H29NO/c1-13-7-5-6-8-16(13)17(14(2)19)20-15-9-11-18(3,4)12-10-15/h5-8,14-15,17H,9-12,19H2,1-4H3. The third-order valence-electron chi connectivity index (χ3n) is 4.60. The van der Waals surface area contributed by atoms with E-state index in [1.165, 1.54) is 24.0 Å². The van der Waals surface area contributed by atoms with Crippen molar-refractivity contribution in [2.45, 2.75) is 71.6 Å². The van der Waals surface area contributed by atoms with E-state index in [4.69, 9.17) is 10.5 Å². The lowest BCUT2D eigenvalue weighted by Gasteiger charge is -2.37. The van der Waals surface area contributed by atoms with E-state index in [-0.39, 0.29) is 12.1 Å². The zero-order valence-corrected chi connectivity index (χ0v) is 13.4. The highest BCUT2D eigenvalue weighted by Gasteiger charge is 2.30. The van der Waals surface area contributed by atoms with Crippen molar-refractivity contribution in [3.8, 4) is 0 Å². The summed E-state index contributed by atoms with van der Waals surface area (Å²) < 4.78 is 6.39. The number of hydrogen-bond donors (Lipinski definition) is 1. The monoisotopic (exact) mass is 275 g/mol. The molecule has 0 aromatic heterocycles. The van der Waals surface area contributed by atoms with Crippen LogP contribution in [0, 0.1) is 12.3 Å². The van der Waals surface area contributed by atoms with Crippen molar-refractivity contribution in [1.29, 1.82) is 0 Å². The predicted molar refractivity (Wildman–Crippen MR) is 84.7 cm³/mol. The van der Waals surface area contributed by atoms with Crippen LogP contribution in [0.5, 0.6) is 0 Å². The zero-order chi connectivity index (χ0) is 14.8. The van der Waals surface area contributed by atoms with Gasteiger partial charge in [-0.1, -0.05) is 38.1 Å². The fourth-order valence-electron chi connectivity index (χ4n) is 3.10. The molecule has 1 aliphatic carbocycles. The van der Waals surface area contributed by atoms with Crippen LogP contribution in [0.15, 0.2) is 24.3 Å². The minimum atomic E-state index is 0.0161. The normalized spacial score (nSPS) is 22.4. The Bertz CT molecular complexity index is 429. The van der Waals surface area contributed by atoms with Gasteiger partial charge in [-0.3, -0.25) is 0 Å². The second-order valence-corrected chi connectivity index (χ2v) is 7.14. The molecule has 112 valence electrons. The van der Waals surface area contributed by atoms with E-state index in [2.05, 4.69) is 45.0 Å². The molecule has 0 aliphatic heterocycles. The summed E-state index contributed by atoms with van der Waals surface area (Å²) in [5.41, 5.74) is 9.17. The Hall–Kier alpha value is -0.860. The highest BCUT2D eigenvalue weighted by Crippen LogP contribution is 2.38. The second kappa shape index (κ2) is 6.28. The van der Waals surface area contributed by atoms with Crippen LogP contribution in [-0.4, -0.2) is 12.1 Å². The van der Waals surface area contributed by atoms with Crippen LogP contribution < -0.4 is 5.73 Å². The minimum Gasteiger partial charge on any atom is -0.369 e. The quantitative estimate of drug-likeness (QED) is 0.885. The molecule has 20 heavy (non-hydrogen) atoms. The summed E-state index contributed by atoms with van der Waals surface area (Å²) >= 11 is 0. The zero-order valence-electron chi connectivity index (χ0n) is 13.4. The molecule has 2 unspecified atom stereocenters. The minimum absolute atomic E-state index is 0.0161. The topological polar surface area (TPSA) is 35.2 Å². The van der Waals surface area contributed by atoms with Crippen LogP contribution in [0.25, 0.3) is 0 Å². The molecule has 2 rings (SSSR count). The third-order valence-corrected chi connectivity index (χ3v) is 4.60. The molecule has 2 nitrogen and oxygen atoms in total. The van der Waals surface area contributed by atoms with Gasteiger partial charge in [0, 0.05) is 6.04 Å². The van der Waals surface area contributed by atoms with E-state index in [1.54, 1.807) is 0 Å². The van der Waals surface area contributed by atoms with Gasteiger partial charge in [0.15, 0.2) is 0 Å². The lowest BCUT2D eigenvalue weighted by Crippen LogP contribution is -2.34. The molecular formula is C18H29NO. The molecule has 0 heterocycles. The molecular weight excluding hydrogens is 246 g/mol. The summed E-state index contributed by atoms with van der Waals surface area (Å²) in [5, 5.41) is 0. The number of benzene rings is 1. The van der Waals surface area contributed by atoms with Crippen molar-refractivity contribution in [2.75, 3.05) is 0 Å². The summed E-state index contributed by atoms with van der Waals surface area (Å²) in [6.07, 6.45) is 5.18. The maximum absolute atomic E-state index is 6.39. The van der Waals surface area contributed by atoms with E-state index in [9.17, 15) is 0 Å². The Morgan fingerprint density at radius 3 is 2.35 bits per heavy atom. The fourth-order valence-corrected chi connectivity index (χ4v) is 3.10. The Morgan fingerprint density at radius 1 is 1.20 bits per heavy atom. The highest BCUT2D eigenvalue weighted by molar-refractivity contribution is 5.28. The second-order valence-electron chi connectivity index (χ2n) is 7.14. The molecule has 1 aromatic rings. The first-order valence-electron chi connectivity index (χ1n) is 7.86. The van der Waals surface area contributed by atoms with Crippen LogP contribution in [0.3, 0.4) is 0 Å². The average Bonchev–Trinajstić information content (AvgIpc) is 2.38. The molecule has 2 heteroatoms. The summed E-state index contributed by atoms with van der Waals surface area (Å²) in [6, 6.07) is 8.45. The van der Waals surface area contributed by atoms with Crippen LogP contribution in [0.1, 0.15) is 63.7 Å². The molecule has 2 N–H and O–H groups in total. The number of ether oxygens (including phenoxy) is 1. The summed E-state index contributed by atoms with van der Waals surface area (Å²) in [7, 11) is 0. The average molecular weight is 275 g/mol. The van der Waals surface area contributed by atoms with Crippen molar-refractivity contribution in [3.63, 3.8) is 0 Å². The number of aryl methyl sites for hydroxylation is 1. The SMILES string of the molecule is Cc1ccccc1C(OC1CCC(C)(C)CC1)C(C)N. The Labute approximate surface area is 123 Å². The highest BCUT2D eigenvalue weighted by atomic mass is 16.5. The maximum atomic E-state index is 6.39. The lowest BCUT2D eigenvalue weighted by molar-refractivity contribution is -0.0551. The third kappa shape index (κ3) is 3.83. The molecule has 0 amide bonds. The molecule has 0 bridgehead atoms. The molecule has 1 saturated carbocycles. The first kappa shape index (κ1) is 15.5. The molecule has 1 fully saturated rings. The van der Waals surface area contributed by atoms with Crippen molar-refractivity contribution < 1.29 is 4.74 Å².